The van der Waals surface area contributed by atoms with Crippen molar-refractivity contribution in [3.63, 3.8) is 0 Å². The average Bonchev–Trinajstić information content (AvgIpc) is 2.34. The highest BCUT2D eigenvalue weighted by atomic mass is 79.9. The van der Waals surface area contributed by atoms with Crippen molar-refractivity contribution in [2.24, 2.45) is 0 Å². The van der Waals surface area contributed by atoms with Gasteiger partial charge in [-0.25, -0.2) is 4.39 Å². The van der Waals surface area contributed by atoms with Gasteiger partial charge in [-0.2, -0.15) is 5.26 Å². The van der Waals surface area contributed by atoms with Gasteiger partial charge in [0.25, 0.3) is 0 Å². The molecule has 2 rings (SSSR count). The molecule has 82 valence electrons. The van der Waals surface area contributed by atoms with E-state index >= 15 is 0 Å². The maximum absolute atomic E-state index is 14.0. The second-order valence-corrected chi connectivity index (χ2v) is 4.37. The van der Waals surface area contributed by atoms with Crippen LogP contribution in [0.15, 0.2) is 28.8 Å². The zero-order valence-electron chi connectivity index (χ0n) is 8.58. The van der Waals surface area contributed by atoms with Crippen LogP contribution < -0.4 is 4.90 Å². The predicted molar refractivity (Wildman–Crippen MR) is 64.8 cm³/mol. The largest absolute Gasteiger partial charge is 0.365 e. The van der Waals surface area contributed by atoms with Gasteiger partial charge >= 0.3 is 0 Å². The van der Waals surface area contributed by atoms with E-state index in [1.54, 1.807) is 12.1 Å². The molecule has 0 fully saturated rings. The molecule has 0 aromatic heterocycles. The molecule has 0 saturated heterocycles. The minimum absolute atomic E-state index is 0.252. The smallest absolute Gasteiger partial charge is 0.161 e. The van der Waals surface area contributed by atoms with E-state index in [9.17, 15) is 4.39 Å². The molecule has 1 heterocycles. The van der Waals surface area contributed by atoms with E-state index in [4.69, 9.17) is 5.26 Å². The van der Waals surface area contributed by atoms with Crippen molar-refractivity contribution >= 4 is 21.6 Å². The first kappa shape index (κ1) is 11.2. The van der Waals surface area contributed by atoms with Gasteiger partial charge in [0.2, 0.25) is 0 Å². The van der Waals surface area contributed by atoms with E-state index in [1.807, 2.05) is 17.0 Å². The monoisotopic (exact) mass is 280 g/mol. The van der Waals surface area contributed by atoms with Crippen LogP contribution in [-0.4, -0.2) is 13.1 Å². The lowest BCUT2D eigenvalue weighted by atomic mass is 10.1. The number of hydrogen-bond donors (Lipinski definition) is 0. The number of anilines is 1. The molecule has 0 unspecified atom stereocenters. The van der Waals surface area contributed by atoms with Crippen LogP contribution in [0.4, 0.5) is 10.1 Å². The van der Waals surface area contributed by atoms with Gasteiger partial charge in [-0.3, -0.25) is 0 Å². The first-order valence-electron chi connectivity index (χ1n) is 5.02. The van der Waals surface area contributed by atoms with E-state index in [2.05, 4.69) is 22.0 Å². The minimum Gasteiger partial charge on any atom is -0.365 e. The Morgan fingerprint density at radius 1 is 1.38 bits per heavy atom. The molecule has 0 amide bonds. The van der Waals surface area contributed by atoms with Gasteiger partial charge in [-0.05, 0) is 34.5 Å². The number of nitriles is 1. The third-order valence-electron chi connectivity index (χ3n) is 2.58. The molecule has 0 spiro atoms. The molecular weight excluding hydrogens is 271 g/mol. The van der Waals surface area contributed by atoms with Crippen molar-refractivity contribution in [2.45, 2.75) is 6.42 Å². The molecule has 2 nitrogen and oxygen atoms in total. The summed E-state index contributed by atoms with van der Waals surface area (Å²) in [7, 11) is 0. The lowest BCUT2D eigenvalue weighted by Crippen LogP contribution is -2.27. The number of benzene rings is 1. The number of rotatable bonds is 1. The van der Waals surface area contributed by atoms with Crippen LogP contribution >= 0.6 is 15.9 Å². The van der Waals surface area contributed by atoms with Crippen LogP contribution in [0.3, 0.4) is 0 Å². The molecule has 1 aliphatic rings. The van der Waals surface area contributed by atoms with E-state index in [0.29, 0.717) is 11.3 Å². The standard InChI is InChI=1S/C12H10BrFN2/c13-11-9(8-15)4-5-10(12(11)14)16-6-2-1-3-7-16/h1-2,4-5H,3,6-7H2. The Morgan fingerprint density at radius 3 is 2.81 bits per heavy atom. The Bertz CT molecular complexity index is 477. The Kier molecular flexibility index (Phi) is 3.25. The van der Waals surface area contributed by atoms with Crippen LogP contribution in [0.2, 0.25) is 0 Å². The van der Waals surface area contributed by atoms with E-state index in [1.165, 1.54) is 0 Å². The molecule has 0 bridgehead atoms. The number of hydrogen-bond acceptors (Lipinski definition) is 2. The van der Waals surface area contributed by atoms with Gasteiger partial charge < -0.3 is 4.90 Å². The molecule has 1 aromatic carbocycles. The lowest BCUT2D eigenvalue weighted by molar-refractivity contribution is 0.612. The van der Waals surface area contributed by atoms with Crippen LogP contribution in [0.25, 0.3) is 0 Å². The minimum atomic E-state index is -0.352. The van der Waals surface area contributed by atoms with Gasteiger partial charge in [-0.1, -0.05) is 12.2 Å². The molecule has 0 aliphatic carbocycles. The molecule has 0 atom stereocenters. The van der Waals surface area contributed by atoms with Crippen LogP contribution in [0, 0.1) is 17.1 Å². The van der Waals surface area contributed by atoms with Crippen molar-refractivity contribution in [2.75, 3.05) is 18.0 Å². The molecule has 1 aromatic rings. The summed E-state index contributed by atoms with van der Waals surface area (Å²) in [5.41, 5.74) is 0.879. The summed E-state index contributed by atoms with van der Waals surface area (Å²) in [5, 5.41) is 8.77. The van der Waals surface area contributed by atoms with E-state index in [0.717, 1.165) is 19.5 Å². The second-order valence-electron chi connectivity index (χ2n) is 3.58. The molecule has 0 saturated carbocycles. The zero-order chi connectivity index (χ0) is 11.5. The van der Waals surface area contributed by atoms with Crippen LogP contribution in [0.1, 0.15) is 12.0 Å². The third-order valence-corrected chi connectivity index (χ3v) is 3.36. The summed E-state index contributed by atoms with van der Waals surface area (Å²) < 4.78 is 14.2. The van der Waals surface area contributed by atoms with Crippen molar-refractivity contribution < 1.29 is 4.39 Å². The van der Waals surface area contributed by atoms with Crippen LogP contribution in [0.5, 0.6) is 0 Å². The van der Waals surface area contributed by atoms with Crippen molar-refractivity contribution in [3.05, 3.63) is 40.1 Å². The molecule has 0 radical (unpaired) electrons. The molecule has 1 aliphatic heterocycles. The first-order chi connectivity index (χ1) is 7.74. The quantitative estimate of drug-likeness (QED) is 0.739. The fraction of sp³-hybridized carbons (Fsp3) is 0.250. The molecule has 0 N–H and O–H groups in total. The van der Waals surface area contributed by atoms with Crippen molar-refractivity contribution in [1.82, 2.24) is 0 Å². The van der Waals surface area contributed by atoms with E-state index in [-0.39, 0.29) is 10.3 Å². The highest BCUT2D eigenvalue weighted by molar-refractivity contribution is 9.10. The predicted octanol–water partition coefficient (Wildman–Crippen LogP) is 3.23. The SMILES string of the molecule is N#Cc1ccc(N2CC=CCC2)c(F)c1Br. The summed E-state index contributed by atoms with van der Waals surface area (Å²) in [6.45, 7) is 1.53. The summed E-state index contributed by atoms with van der Waals surface area (Å²) in [4.78, 5) is 1.96. The molecular formula is C12H10BrFN2. The highest BCUT2D eigenvalue weighted by Gasteiger charge is 2.16. The lowest BCUT2D eigenvalue weighted by Gasteiger charge is -2.26. The van der Waals surface area contributed by atoms with E-state index < -0.39 is 0 Å². The summed E-state index contributed by atoms with van der Waals surface area (Å²) in [6, 6.07) is 5.25. The fourth-order valence-corrected chi connectivity index (χ4v) is 2.15. The Balaban J connectivity index is 2.39. The second kappa shape index (κ2) is 4.67. The summed E-state index contributed by atoms with van der Waals surface area (Å²) in [6.07, 6.45) is 5.04. The fourth-order valence-electron chi connectivity index (χ4n) is 1.73. The Labute approximate surface area is 102 Å². The zero-order valence-corrected chi connectivity index (χ0v) is 10.2. The number of nitrogens with zero attached hydrogens (tertiary/aromatic N) is 2. The first-order valence-corrected chi connectivity index (χ1v) is 5.81. The van der Waals surface area contributed by atoms with Crippen molar-refractivity contribution in [3.8, 4) is 6.07 Å². The summed E-state index contributed by atoms with van der Waals surface area (Å²) in [5.74, 6) is -0.352. The molecule has 4 heteroatoms. The van der Waals surface area contributed by atoms with Gasteiger partial charge in [0.1, 0.15) is 6.07 Å². The average molecular weight is 281 g/mol. The van der Waals surface area contributed by atoms with Gasteiger partial charge in [0, 0.05) is 13.1 Å². The van der Waals surface area contributed by atoms with Gasteiger partial charge in [0.15, 0.2) is 5.82 Å². The normalized spacial score (nSPS) is 14.9. The molecule has 16 heavy (non-hydrogen) atoms. The number of halogens is 2. The summed E-state index contributed by atoms with van der Waals surface area (Å²) >= 11 is 3.12. The van der Waals surface area contributed by atoms with Gasteiger partial charge in [-0.15, -0.1) is 0 Å². The third kappa shape index (κ3) is 1.96. The topological polar surface area (TPSA) is 27.0 Å². The Hall–Kier alpha value is -1.34. The highest BCUT2D eigenvalue weighted by Crippen LogP contribution is 2.29. The van der Waals surface area contributed by atoms with Gasteiger partial charge in [0.05, 0.1) is 15.7 Å². The van der Waals surface area contributed by atoms with Crippen LogP contribution in [-0.2, 0) is 0 Å². The Morgan fingerprint density at radius 2 is 2.19 bits per heavy atom. The van der Waals surface area contributed by atoms with Crippen molar-refractivity contribution in [1.29, 1.82) is 5.26 Å². The maximum Gasteiger partial charge on any atom is 0.161 e. The maximum atomic E-state index is 14.0.